The van der Waals surface area contributed by atoms with Gasteiger partial charge in [0.25, 0.3) is 0 Å². The summed E-state index contributed by atoms with van der Waals surface area (Å²) in [6, 6.07) is -2.33. The molecule has 0 fully saturated rings. The highest BCUT2D eigenvalue weighted by Gasteiger charge is 2.31. The summed E-state index contributed by atoms with van der Waals surface area (Å²) in [6.45, 7) is 7.54. The molecule has 9 nitrogen and oxygen atoms in total. The van der Waals surface area contributed by atoms with Crippen LogP contribution in [0.3, 0.4) is 0 Å². The van der Waals surface area contributed by atoms with Gasteiger partial charge in [-0.15, -0.1) is 0 Å². The first-order valence-corrected chi connectivity index (χ1v) is 7.17. The average molecular weight is 331 g/mol. The molecule has 0 aliphatic rings. The van der Waals surface area contributed by atoms with E-state index < -0.39 is 47.8 Å². The van der Waals surface area contributed by atoms with Crippen molar-refractivity contribution in [1.29, 1.82) is 0 Å². The molecule has 0 bridgehead atoms. The predicted molar refractivity (Wildman–Crippen MR) is 81.3 cm³/mol. The van der Waals surface area contributed by atoms with Gasteiger partial charge in [0.05, 0.1) is 18.1 Å². The normalized spacial score (nSPS) is 13.9. The largest absolute Gasteiger partial charge is 0.481 e. The quantitative estimate of drug-likeness (QED) is 0.423. The molecule has 5 N–H and O–H groups in total. The third kappa shape index (κ3) is 8.15. The van der Waals surface area contributed by atoms with Crippen LogP contribution in [-0.2, 0) is 23.9 Å². The molecule has 0 heterocycles. The topological polar surface area (TPSA) is 148 Å². The van der Waals surface area contributed by atoms with E-state index in [2.05, 4.69) is 10.6 Å². The molecule has 0 saturated carbocycles. The number of esters is 1. The highest BCUT2D eigenvalue weighted by molar-refractivity contribution is 5.95. The second-order valence-electron chi connectivity index (χ2n) is 6.06. The summed E-state index contributed by atoms with van der Waals surface area (Å²) in [5.41, 5.74) is 4.32. The van der Waals surface area contributed by atoms with Gasteiger partial charge in [-0.3, -0.25) is 14.4 Å². The number of nitrogens with one attached hydrogen (secondary N) is 2. The van der Waals surface area contributed by atoms with E-state index in [1.54, 1.807) is 13.8 Å². The zero-order valence-corrected chi connectivity index (χ0v) is 14.0. The monoisotopic (exact) mass is 331 g/mol. The summed E-state index contributed by atoms with van der Waals surface area (Å²) in [4.78, 5) is 46.4. The lowest BCUT2D eigenvalue weighted by Gasteiger charge is -2.24. The summed E-state index contributed by atoms with van der Waals surface area (Å²) in [5, 5.41) is 13.4. The van der Waals surface area contributed by atoms with Crippen molar-refractivity contribution in [3.8, 4) is 0 Å². The molecule has 9 heteroatoms. The fourth-order valence-electron chi connectivity index (χ4n) is 1.44. The van der Waals surface area contributed by atoms with Crippen molar-refractivity contribution in [2.75, 3.05) is 0 Å². The lowest BCUT2D eigenvalue weighted by atomic mass is 10.0. The first-order chi connectivity index (χ1) is 10.3. The fourth-order valence-corrected chi connectivity index (χ4v) is 1.44. The van der Waals surface area contributed by atoms with Crippen molar-refractivity contribution < 1.29 is 29.0 Å². The van der Waals surface area contributed by atoms with Gasteiger partial charge < -0.3 is 26.2 Å². The Hall–Kier alpha value is -2.16. The maximum atomic E-state index is 12.1. The Morgan fingerprint density at radius 2 is 1.65 bits per heavy atom. The van der Waals surface area contributed by atoms with Crippen LogP contribution < -0.4 is 16.4 Å². The number of carboxylic acid groups (broad SMARTS) is 1. The summed E-state index contributed by atoms with van der Waals surface area (Å²) in [5.74, 6) is -3.43. The fraction of sp³-hybridized carbons (Fsp3) is 0.714. The molecule has 0 aliphatic carbocycles. The van der Waals surface area contributed by atoms with Crippen molar-refractivity contribution in [3.63, 3.8) is 0 Å². The maximum absolute atomic E-state index is 12.1. The van der Waals surface area contributed by atoms with Gasteiger partial charge in [0.2, 0.25) is 11.8 Å². The summed E-state index contributed by atoms with van der Waals surface area (Å²) < 4.78 is 4.93. The van der Waals surface area contributed by atoms with Gasteiger partial charge in [-0.05, 0) is 34.6 Å². The summed E-state index contributed by atoms with van der Waals surface area (Å²) in [6.07, 6.45) is -0.992. The third-order valence-electron chi connectivity index (χ3n) is 2.65. The number of amides is 2. The Balaban J connectivity index is 4.91. The zero-order chi connectivity index (χ0) is 18.4. The van der Waals surface area contributed by atoms with E-state index >= 15 is 0 Å². The summed E-state index contributed by atoms with van der Waals surface area (Å²) in [7, 11) is 0. The van der Waals surface area contributed by atoms with Crippen molar-refractivity contribution in [3.05, 3.63) is 0 Å². The first kappa shape index (κ1) is 20.8. The Kier molecular flexibility index (Phi) is 7.67. The van der Waals surface area contributed by atoms with Crippen LogP contribution in [0.15, 0.2) is 0 Å². The third-order valence-corrected chi connectivity index (χ3v) is 2.65. The molecule has 132 valence electrons. The number of carbonyl (C=O) groups is 4. The minimum absolute atomic E-state index is 0.352. The Morgan fingerprint density at radius 3 is 2.04 bits per heavy atom. The van der Waals surface area contributed by atoms with Crippen LogP contribution >= 0.6 is 0 Å². The number of aliphatic carboxylic acids is 1. The minimum atomic E-state index is -1.35. The van der Waals surface area contributed by atoms with E-state index in [9.17, 15) is 19.2 Å². The standard InChI is InChI=1S/C14H25N3O6/c1-7(2)23-12(21)8(3)16-11(20)9(6-10(18)19)17-13(22)14(4,5)15/h7-9H,6,15H2,1-5H3,(H,16,20)(H,17,22)(H,18,19)/t8-,9+/m1/s1. The van der Waals surface area contributed by atoms with Crippen LogP contribution in [0.1, 0.15) is 41.0 Å². The average Bonchev–Trinajstić information content (AvgIpc) is 2.34. The Morgan fingerprint density at radius 1 is 1.13 bits per heavy atom. The Bertz CT molecular complexity index is 470. The highest BCUT2D eigenvalue weighted by atomic mass is 16.5. The number of nitrogens with two attached hydrogens (primary N) is 1. The SMILES string of the molecule is CC(C)OC(=O)[C@@H](C)NC(=O)[C@H](CC(=O)O)NC(=O)C(C)(C)N. The van der Waals surface area contributed by atoms with E-state index in [0.29, 0.717) is 0 Å². The molecule has 0 unspecified atom stereocenters. The van der Waals surface area contributed by atoms with Gasteiger partial charge in [0.15, 0.2) is 0 Å². The second-order valence-corrected chi connectivity index (χ2v) is 6.06. The highest BCUT2D eigenvalue weighted by Crippen LogP contribution is 2.02. The van der Waals surface area contributed by atoms with Crippen LogP contribution in [-0.4, -0.2) is 52.6 Å². The van der Waals surface area contributed by atoms with Crippen LogP contribution in [0.25, 0.3) is 0 Å². The zero-order valence-electron chi connectivity index (χ0n) is 14.0. The molecule has 0 spiro atoms. The molecule has 0 saturated heterocycles. The molecule has 2 atom stereocenters. The van der Waals surface area contributed by atoms with Gasteiger partial charge in [0.1, 0.15) is 12.1 Å². The Labute approximate surface area is 134 Å². The van der Waals surface area contributed by atoms with Crippen molar-refractivity contribution >= 4 is 23.8 Å². The molecule has 0 radical (unpaired) electrons. The van der Waals surface area contributed by atoms with Gasteiger partial charge in [-0.1, -0.05) is 0 Å². The lowest BCUT2D eigenvalue weighted by Crippen LogP contribution is -2.57. The van der Waals surface area contributed by atoms with E-state index in [-0.39, 0.29) is 6.10 Å². The number of carbonyl (C=O) groups excluding carboxylic acids is 3. The van der Waals surface area contributed by atoms with Crippen LogP contribution in [0.4, 0.5) is 0 Å². The molecular formula is C14H25N3O6. The van der Waals surface area contributed by atoms with E-state index in [4.69, 9.17) is 15.6 Å². The number of rotatable bonds is 8. The molecule has 23 heavy (non-hydrogen) atoms. The smallest absolute Gasteiger partial charge is 0.328 e. The number of ether oxygens (including phenoxy) is 1. The van der Waals surface area contributed by atoms with Crippen molar-refractivity contribution in [1.82, 2.24) is 10.6 Å². The van der Waals surface area contributed by atoms with Crippen LogP contribution in [0.2, 0.25) is 0 Å². The molecule has 0 aromatic heterocycles. The molecule has 0 aromatic rings. The predicted octanol–water partition coefficient (Wildman–Crippen LogP) is -0.860. The van der Waals surface area contributed by atoms with Crippen molar-refractivity contribution in [2.24, 2.45) is 5.73 Å². The molecule has 0 aromatic carbocycles. The van der Waals surface area contributed by atoms with Crippen LogP contribution in [0.5, 0.6) is 0 Å². The minimum Gasteiger partial charge on any atom is -0.481 e. The van der Waals surface area contributed by atoms with E-state index in [0.717, 1.165) is 0 Å². The maximum Gasteiger partial charge on any atom is 0.328 e. The molecule has 0 aliphatic heterocycles. The lowest BCUT2D eigenvalue weighted by molar-refractivity contribution is -0.151. The number of hydrogen-bond donors (Lipinski definition) is 4. The molecule has 0 rings (SSSR count). The van der Waals surface area contributed by atoms with E-state index in [1.165, 1.54) is 20.8 Å². The van der Waals surface area contributed by atoms with Gasteiger partial charge in [-0.25, -0.2) is 4.79 Å². The van der Waals surface area contributed by atoms with Gasteiger partial charge >= 0.3 is 11.9 Å². The van der Waals surface area contributed by atoms with Crippen molar-refractivity contribution in [2.45, 2.75) is 64.8 Å². The molecule has 2 amide bonds. The van der Waals surface area contributed by atoms with Gasteiger partial charge in [0, 0.05) is 0 Å². The van der Waals surface area contributed by atoms with Gasteiger partial charge in [-0.2, -0.15) is 0 Å². The van der Waals surface area contributed by atoms with Crippen LogP contribution in [0, 0.1) is 0 Å². The molecular weight excluding hydrogens is 306 g/mol. The first-order valence-electron chi connectivity index (χ1n) is 7.17. The number of hydrogen-bond acceptors (Lipinski definition) is 6. The second kappa shape index (κ2) is 8.47. The van der Waals surface area contributed by atoms with E-state index in [1.807, 2.05) is 0 Å². The summed E-state index contributed by atoms with van der Waals surface area (Å²) >= 11 is 0. The number of carboxylic acids is 1.